The molecule has 1 aromatic heterocycles. The lowest BCUT2D eigenvalue weighted by molar-refractivity contribution is -0.149. The lowest BCUT2D eigenvalue weighted by Crippen LogP contribution is -2.53. The molecule has 168 valence electrons. The third-order valence-electron chi connectivity index (χ3n) is 7.32. The molecule has 0 unspecified atom stereocenters. The van der Waals surface area contributed by atoms with Gasteiger partial charge in [-0.25, -0.2) is 4.98 Å². The number of likely N-dealkylation sites (N-methyl/N-ethyl adjacent to an activating group) is 1. The molecule has 0 amide bonds. The number of fused-ring (bicyclic) bond motifs is 1. The van der Waals surface area contributed by atoms with Crippen molar-refractivity contribution in [3.8, 4) is 0 Å². The molecule has 1 aliphatic heterocycles. The monoisotopic (exact) mass is 434 g/mol. The summed E-state index contributed by atoms with van der Waals surface area (Å²) in [5.41, 5.74) is 4.57. The fourth-order valence-electron chi connectivity index (χ4n) is 4.81. The summed E-state index contributed by atoms with van der Waals surface area (Å²) in [6.07, 6.45) is 8.86. The van der Waals surface area contributed by atoms with Crippen molar-refractivity contribution in [2.45, 2.75) is 37.3 Å². The third-order valence-corrected chi connectivity index (χ3v) is 7.32. The molecule has 3 fully saturated rings. The number of rotatable bonds is 6. The first-order valence-corrected chi connectivity index (χ1v) is 11.3. The zero-order valence-electron chi connectivity index (χ0n) is 18.7. The van der Waals surface area contributed by atoms with E-state index in [1.54, 1.807) is 6.20 Å². The molecule has 1 spiro atoms. The van der Waals surface area contributed by atoms with Crippen LogP contribution in [-0.2, 0) is 9.53 Å². The van der Waals surface area contributed by atoms with Gasteiger partial charge in [-0.15, -0.1) is 0 Å². The summed E-state index contributed by atoms with van der Waals surface area (Å²) in [4.78, 5) is 25.9. The molecular formula is C24H30N6O2. The second kappa shape index (κ2) is 8.16. The number of nitrogens with one attached hydrogen (secondary N) is 2. The van der Waals surface area contributed by atoms with Crippen molar-refractivity contribution in [2.75, 3.05) is 38.7 Å². The number of hydrogen-bond donors (Lipinski definition) is 2. The number of benzene rings is 1. The van der Waals surface area contributed by atoms with Crippen LogP contribution < -0.4 is 10.2 Å². The number of nitrogens with zero attached hydrogens (tertiary/aromatic N) is 4. The normalized spacial score (nSPS) is 24.8. The summed E-state index contributed by atoms with van der Waals surface area (Å²) in [6.45, 7) is 3.15. The van der Waals surface area contributed by atoms with Gasteiger partial charge in [0.1, 0.15) is 0 Å². The number of hydrogen-bond acceptors (Lipinski definition) is 8. The molecule has 0 atom stereocenters. The maximum atomic E-state index is 11.6. The van der Waals surface area contributed by atoms with E-state index in [4.69, 9.17) is 15.1 Å². The molecule has 8 nitrogen and oxygen atoms in total. The molecule has 0 bridgehead atoms. The van der Waals surface area contributed by atoms with Crippen LogP contribution in [0.4, 0.5) is 5.69 Å². The summed E-state index contributed by atoms with van der Waals surface area (Å²) < 4.78 is 4.79. The molecule has 32 heavy (non-hydrogen) atoms. The van der Waals surface area contributed by atoms with Gasteiger partial charge < -0.3 is 20.4 Å². The maximum absolute atomic E-state index is 11.6. The van der Waals surface area contributed by atoms with Gasteiger partial charge in [-0.05, 0) is 50.9 Å². The third kappa shape index (κ3) is 3.83. The highest BCUT2D eigenvalue weighted by molar-refractivity contribution is 6.07. The molecule has 2 heterocycles. The number of carbonyl (C=O) groups is 1. The summed E-state index contributed by atoms with van der Waals surface area (Å²) in [6, 6.07) is 6.50. The number of carbonyl (C=O) groups excluding carboxylic acids is 1. The lowest BCUT2D eigenvalue weighted by Gasteiger charge is -2.41. The smallest absolute Gasteiger partial charge is 0.308 e. The largest absolute Gasteiger partial charge is 0.469 e. The highest BCUT2D eigenvalue weighted by atomic mass is 16.5. The Morgan fingerprint density at radius 3 is 2.81 bits per heavy atom. The Morgan fingerprint density at radius 2 is 2.09 bits per heavy atom. The number of anilines is 1. The Bertz CT molecular complexity index is 1070. The number of methoxy groups -OCH3 is 1. The van der Waals surface area contributed by atoms with E-state index in [1.165, 1.54) is 31.9 Å². The summed E-state index contributed by atoms with van der Waals surface area (Å²) in [7, 11) is 3.66. The van der Waals surface area contributed by atoms with Gasteiger partial charge in [0.2, 0.25) is 0 Å². The Kier molecular flexibility index (Phi) is 5.33. The predicted octanol–water partition coefficient (Wildman–Crippen LogP) is 2.45. The van der Waals surface area contributed by atoms with Gasteiger partial charge in [0, 0.05) is 54.9 Å². The van der Waals surface area contributed by atoms with Gasteiger partial charge in [0.25, 0.3) is 0 Å². The van der Waals surface area contributed by atoms with Crippen LogP contribution in [0.3, 0.4) is 0 Å². The van der Waals surface area contributed by atoms with Crippen molar-refractivity contribution in [1.82, 2.24) is 20.2 Å². The molecule has 0 radical (unpaired) electrons. The zero-order chi connectivity index (χ0) is 22.3. The van der Waals surface area contributed by atoms with E-state index in [9.17, 15) is 4.79 Å². The van der Waals surface area contributed by atoms with Crippen LogP contribution >= 0.6 is 0 Å². The van der Waals surface area contributed by atoms with E-state index < -0.39 is 0 Å². The molecule has 3 aliphatic rings. The number of aromatic nitrogens is 2. The minimum Gasteiger partial charge on any atom is -0.469 e. The standard InChI is InChI=1S/C24H30N6O2/c1-29-7-8-30(15-24(29)5-6-24)19-3-4-20-21(11-19)28-22(14-27-20)17(12-25)13-26-18-9-16(10-18)23(31)32-2/h3-4,11-14,16,18,25-26H,5-10,15H2,1-2H3/b17-13+,25-12?. The first-order valence-electron chi connectivity index (χ1n) is 11.3. The first-order chi connectivity index (χ1) is 15.5. The van der Waals surface area contributed by atoms with Gasteiger partial charge in [0.05, 0.1) is 36.0 Å². The van der Waals surface area contributed by atoms with Crippen molar-refractivity contribution < 1.29 is 9.53 Å². The van der Waals surface area contributed by atoms with Gasteiger partial charge in [0.15, 0.2) is 0 Å². The van der Waals surface area contributed by atoms with Gasteiger partial charge >= 0.3 is 5.97 Å². The van der Waals surface area contributed by atoms with Crippen molar-refractivity contribution in [3.05, 3.63) is 36.3 Å². The Balaban J connectivity index is 1.32. The SMILES string of the molecule is COC(=O)C1CC(N/C=C(\C=N)c2cnc3ccc(N4CCN(C)C5(CC5)C4)cc3n2)C1. The number of ether oxygens (including phenoxy) is 1. The highest BCUT2D eigenvalue weighted by Crippen LogP contribution is 2.44. The molecule has 5 rings (SSSR count). The van der Waals surface area contributed by atoms with E-state index in [1.807, 2.05) is 12.3 Å². The predicted molar refractivity (Wildman–Crippen MR) is 125 cm³/mol. The quantitative estimate of drug-likeness (QED) is 0.533. The average molecular weight is 435 g/mol. The molecule has 2 saturated carbocycles. The molecule has 8 heteroatoms. The molecular weight excluding hydrogens is 404 g/mol. The average Bonchev–Trinajstić information content (AvgIpc) is 3.56. The molecule has 2 aliphatic carbocycles. The minimum atomic E-state index is -0.150. The summed E-state index contributed by atoms with van der Waals surface area (Å²) >= 11 is 0. The van der Waals surface area contributed by atoms with Crippen LogP contribution in [0.5, 0.6) is 0 Å². The second-order valence-corrected chi connectivity index (χ2v) is 9.29. The molecule has 2 N–H and O–H groups in total. The Hall–Kier alpha value is -3.00. The van der Waals surface area contributed by atoms with Crippen LogP contribution in [0.15, 0.2) is 30.6 Å². The van der Waals surface area contributed by atoms with Gasteiger partial charge in [-0.1, -0.05) is 0 Å². The summed E-state index contributed by atoms with van der Waals surface area (Å²) in [5.74, 6) is -0.180. The fourth-order valence-corrected chi connectivity index (χ4v) is 4.81. The lowest BCUT2D eigenvalue weighted by atomic mass is 9.80. The van der Waals surface area contributed by atoms with Crippen molar-refractivity contribution in [1.29, 1.82) is 5.41 Å². The van der Waals surface area contributed by atoms with Crippen molar-refractivity contribution >= 4 is 34.5 Å². The second-order valence-electron chi connectivity index (χ2n) is 9.29. The van der Waals surface area contributed by atoms with E-state index in [0.29, 0.717) is 16.8 Å². The first kappa shape index (κ1) is 20.9. The van der Waals surface area contributed by atoms with E-state index in [2.05, 4.69) is 39.3 Å². The van der Waals surface area contributed by atoms with E-state index >= 15 is 0 Å². The van der Waals surface area contributed by atoms with Gasteiger partial charge in [-0.3, -0.25) is 14.7 Å². The van der Waals surface area contributed by atoms with E-state index in [-0.39, 0.29) is 17.9 Å². The summed E-state index contributed by atoms with van der Waals surface area (Å²) in [5, 5.41) is 11.2. The number of piperazine rings is 1. The Labute approximate surface area is 188 Å². The molecule has 1 aromatic carbocycles. The van der Waals surface area contributed by atoms with Crippen LogP contribution in [0.25, 0.3) is 16.6 Å². The van der Waals surface area contributed by atoms with E-state index in [0.717, 1.165) is 43.5 Å². The number of esters is 1. The zero-order valence-corrected chi connectivity index (χ0v) is 18.7. The van der Waals surface area contributed by atoms with Crippen molar-refractivity contribution in [3.63, 3.8) is 0 Å². The maximum Gasteiger partial charge on any atom is 0.308 e. The fraction of sp³-hybridized carbons (Fsp3) is 0.500. The van der Waals surface area contributed by atoms with Crippen LogP contribution in [0.2, 0.25) is 0 Å². The van der Waals surface area contributed by atoms with Crippen molar-refractivity contribution in [2.24, 2.45) is 5.92 Å². The van der Waals surface area contributed by atoms with Crippen LogP contribution in [-0.4, -0.2) is 72.4 Å². The van der Waals surface area contributed by atoms with Gasteiger partial charge in [-0.2, -0.15) is 0 Å². The molecule has 2 aromatic rings. The minimum absolute atomic E-state index is 0.0300. The number of allylic oxidation sites excluding steroid dienone is 1. The molecule has 1 saturated heterocycles. The Morgan fingerprint density at radius 1 is 1.28 bits per heavy atom. The van der Waals surface area contributed by atoms with Crippen LogP contribution in [0, 0.1) is 11.3 Å². The van der Waals surface area contributed by atoms with Crippen LogP contribution in [0.1, 0.15) is 31.4 Å². The highest BCUT2D eigenvalue weighted by Gasteiger charge is 2.49. The topological polar surface area (TPSA) is 94.4 Å².